The fraction of sp³-hybridized carbons (Fsp3) is 0.222. The lowest BCUT2D eigenvalue weighted by molar-refractivity contribution is 0.189. The summed E-state index contributed by atoms with van der Waals surface area (Å²) in [7, 11) is 3.14. The smallest absolute Gasteiger partial charge is 0.316 e. The monoisotopic (exact) mass is 351 g/mol. The number of aromatic nitrogens is 4. The zero-order chi connectivity index (χ0) is 18.1. The first-order chi connectivity index (χ1) is 12.7. The maximum Gasteiger partial charge on any atom is 0.316 e. The molecule has 132 valence electrons. The molecule has 26 heavy (non-hydrogen) atoms. The number of hydrogen-bond acceptors (Lipinski definition) is 8. The van der Waals surface area contributed by atoms with Crippen LogP contribution in [-0.4, -0.2) is 40.4 Å². The molecule has 1 aromatic carbocycles. The molecule has 4 rings (SSSR count). The molecule has 2 aromatic heterocycles. The quantitative estimate of drug-likeness (QED) is 0.710. The SMILES string of the molecule is COc1ncc(-c2ccc(OC)c3nc(N4C=COC4C)cnc23)cn1. The van der Waals surface area contributed by atoms with E-state index < -0.39 is 0 Å². The first-order valence-electron chi connectivity index (χ1n) is 8.02. The molecule has 0 saturated carbocycles. The average molecular weight is 351 g/mol. The van der Waals surface area contributed by atoms with Crippen molar-refractivity contribution in [3.63, 3.8) is 0 Å². The van der Waals surface area contributed by atoms with E-state index in [0.717, 1.165) is 11.1 Å². The highest BCUT2D eigenvalue weighted by Crippen LogP contribution is 2.33. The third kappa shape index (κ3) is 2.65. The Morgan fingerprint density at radius 2 is 1.81 bits per heavy atom. The van der Waals surface area contributed by atoms with E-state index in [0.29, 0.717) is 28.6 Å². The second-order valence-corrected chi connectivity index (χ2v) is 5.63. The standard InChI is InChI=1S/C18H17N5O3/c1-11-23(6-7-26-11)15-10-19-16-13(4-5-14(24-2)17(16)22-15)12-8-20-18(25-3)21-9-12/h4-11H,1-3H3. The Labute approximate surface area is 150 Å². The van der Waals surface area contributed by atoms with Crippen molar-refractivity contribution in [2.24, 2.45) is 0 Å². The van der Waals surface area contributed by atoms with Crippen LogP contribution in [0.1, 0.15) is 6.92 Å². The minimum absolute atomic E-state index is 0.133. The van der Waals surface area contributed by atoms with E-state index in [1.807, 2.05) is 30.2 Å². The summed E-state index contributed by atoms with van der Waals surface area (Å²) in [4.78, 5) is 19.6. The topological polar surface area (TPSA) is 82.5 Å². The predicted octanol–water partition coefficient (Wildman–Crippen LogP) is 2.76. The maximum atomic E-state index is 5.48. The molecule has 0 bridgehead atoms. The molecule has 0 N–H and O–H groups in total. The molecular formula is C18H17N5O3. The van der Waals surface area contributed by atoms with Crippen LogP contribution >= 0.6 is 0 Å². The van der Waals surface area contributed by atoms with E-state index in [4.69, 9.17) is 19.2 Å². The molecule has 0 fully saturated rings. The lowest BCUT2D eigenvalue weighted by Crippen LogP contribution is -2.25. The summed E-state index contributed by atoms with van der Waals surface area (Å²) in [6.07, 6.45) is 8.44. The summed E-state index contributed by atoms with van der Waals surface area (Å²) in [6, 6.07) is 4.09. The van der Waals surface area contributed by atoms with Gasteiger partial charge in [-0.15, -0.1) is 0 Å². The molecule has 3 heterocycles. The molecule has 0 spiro atoms. The van der Waals surface area contributed by atoms with E-state index in [9.17, 15) is 0 Å². The number of rotatable bonds is 4. The first-order valence-corrected chi connectivity index (χ1v) is 8.02. The van der Waals surface area contributed by atoms with Crippen LogP contribution in [0.5, 0.6) is 11.8 Å². The minimum Gasteiger partial charge on any atom is -0.494 e. The Morgan fingerprint density at radius 3 is 2.46 bits per heavy atom. The van der Waals surface area contributed by atoms with E-state index in [1.54, 1.807) is 32.0 Å². The summed E-state index contributed by atoms with van der Waals surface area (Å²) in [5.41, 5.74) is 3.05. The first kappa shape index (κ1) is 16.1. The van der Waals surface area contributed by atoms with Crippen LogP contribution < -0.4 is 14.4 Å². The van der Waals surface area contributed by atoms with Gasteiger partial charge in [-0.2, -0.15) is 0 Å². The Morgan fingerprint density at radius 1 is 1.00 bits per heavy atom. The Hall–Kier alpha value is -3.42. The molecule has 0 saturated heterocycles. The summed E-state index contributed by atoms with van der Waals surface area (Å²) in [5, 5.41) is 0. The molecule has 0 aliphatic carbocycles. The van der Waals surface area contributed by atoms with Gasteiger partial charge in [0.25, 0.3) is 0 Å². The molecule has 8 heteroatoms. The van der Waals surface area contributed by atoms with Crippen LogP contribution in [0.25, 0.3) is 22.2 Å². The summed E-state index contributed by atoms with van der Waals surface area (Å²) in [6.45, 7) is 1.94. The largest absolute Gasteiger partial charge is 0.494 e. The predicted molar refractivity (Wildman–Crippen MR) is 95.8 cm³/mol. The van der Waals surface area contributed by atoms with Gasteiger partial charge < -0.3 is 14.2 Å². The lowest BCUT2D eigenvalue weighted by Gasteiger charge is -2.20. The summed E-state index contributed by atoms with van der Waals surface area (Å²) in [5.74, 6) is 1.32. The van der Waals surface area contributed by atoms with Crippen LogP contribution in [0.2, 0.25) is 0 Å². The minimum atomic E-state index is -0.133. The number of hydrogen-bond donors (Lipinski definition) is 0. The van der Waals surface area contributed by atoms with Gasteiger partial charge in [-0.05, 0) is 19.1 Å². The van der Waals surface area contributed by atoms with Crippen molar-refractivity contribution in [3.8, 4) is 22.9 Å². The van der Waals surface area contributed by atoms with Crippen molar-refractivity contribution in [2.45, 2.75) is 13.2 Å². The molecule has 0 radical (unpaired) electrons. The summed E-state index contributed by atoms with van der Waals surface area (Å²) < 4.78 is 15.9. The second-order valence-electron chi connectivity index (χ2n) is 5.63. The zero-order valence-corrected chi connectivity index (χ0v) is 14.6. The highest BCUT2D eigenvalue weighted by Gasteiger charge is 2.20. The molecule has 1 atom stereocenters. The van der Waals surface area contributed by atoms with E-state index in [2.05, 4.69) is 15.0 Å². The van der Waals surface area contributed by atoms with E-state index in [1.165, 1.54) is 7.11 Å². The van der Waals surface area contributed by atoms with Gasteiger partial charge in [0.15, 0.2) is 12.0 Å². The van der Waals surface area contributed by atoms with Crippen LogP contribution in [0.3, 0.4) is 0 Å². The highest BCUT2D eigenvalue weighted by atomic mass is 16.5. The van der Waals surface area contributed by atoms with Crippen molar-refractivity contribution < 1.29 is 14.2 Å². The van der Waals surface area contributed by atoms with E-state index >= 15 is 0 Å². The second kappa shape index (κ2) is 6.47. The molecule has 0 amide bonds. The average Bonchev–Trinajstić information content (AvgIpc) is 3.12. The number of nitrogens with zero attached hydrogens (tertiary/aromatic N) is 5. The van der Waals surface area contributed by atoms with Gasteiger partial charge >= 0.3 is 6.01 Å². The van der Waals surface area contributed by atoms with Gasteiger partial charge in [0, 0.05) is 29.7 Å². The molecule has 1 aliphatic heterocycles. The van der Waals surface area contributed by atoms with Crippen molar-refractivity contribution in [1.29, 1.82) is 0 Å². The number of ether oxygens (including phenoxy) is 3. The number of benzene rings is 1. The molecular weight excluding hydrogens is 334 g/mol. The van der Waals surface area contributed by atoms with Crippen LogP contribution in [0, 0.1) is 0 Å². The molecule has 8 nitrogen and oxygen atoms in total. The van der Waals surface area contributed by atoms with Crippen molar-refractivity contribution in [1.82, 2.24) is 19.9 Å². The number of fused-ring (bicyclic) bond motifs is 1. The van der Waals surface area contributed by atoms with Gasteiger partial charge in [0.1, 0.15) is 23.0 Å². The molecule has 3 aromatic rings. The van der Waals surface area contributed by atoms with E-state index in [-0.39, 0.29) is 6.23 Å². The maximum absolute atomic E-state index is 5.48. The molecule has 1 unspecified atom stereocenters. The van der Waals surface area contributed by atoms with Gasteiger partial charge in [-0.25, -0.2) is 19.9 Å². The van der Waals surface area contributed by atoms with Gasteiger partial charge in [0.05, 0.1) is 20.4 Å². The fourth-order valence-electron chi connectivity index (χ4n) is 2.81. The van der Waals surface area contributed by atoms with Crippen molar-refractivity contribution >= 4 is 16.9 Å². The van der Waals surface area contributed by atoms with Gasteiger partial charge in [-0.3, -0.25) is 4.90 Å². The van der Waals surface area contributed by atoms with Crippen LogP contribution in [0.4, 0.5) is 5.82 Å². The van der Waals surface area contributed by atoms with Crippen LogP contribution in [0.15, 0.2) is 43.2 Å². The zero-order valence-electron chi connectivity index (χ0n) is 14.6. The molecule has 1 aliphatic rings. The van der Waals surface area contributed by atoms with Gasteiger partial charge in [-0.1, -0.05) is 0 Å². The Kier molecular flexibility index (Phi) is 4.00. The Bertz CT molecular complexity index is 974. The third-order valence-corrected chi connectivity index (χ3v) is 4.14. The van der Waals surface area contributed by atoms with Crippen LogP contribution in [-0.2, 0) is 4.74 Å². The Balaban J connectivity index is 1.86. The number of anilines is 1. The third-order valence-electron chi connectivity index (χ3n) is 4.14. The number of methoxy groups -OCH3 is 2. The lowest BCUT2D eigenvalue weighted by atomic mass is 10.1. The van der Waals surface area contributed by atoms with Gasteiger partial charge in [0.2, 0.25) is 0 Å². The fourth-order valence-corrected chi connectivity index (χ4v) is 2.81. The summed E-state index contributed by atoms with van der Waals surface area (Å²) >= 11 is 0. The highest BCUT2D eigenvalue weighted by molar-refractivity contribution is 5.95. The normalized spacial score (nSPS) is 16.0. The van der Waals surface area contributed by atoms with Crippen molar-refractivity contribution in [3.05, 3.63) is 43.2 Å². The van der Waals surface area contributed by atoms with Crippen molar-refractivity contribution in [2.75, 3.05) is 19.1 Å².